The first-order valence-corrected chi connectivity index (χ1v) is 12.2. The molecule has 7 nitrogen and oxygen atoms in total. The molecule has 0 spiro atoms. The molecule has 0 fully saturated rings. The van der Waals surface area contributed by atoms with Crippen molar-refractivity contribution in [1.82, 2.24) is 20.3 Å². The highest BCUT2D eigenvalue weighted by Gasteiger charge is 2.16. The highest BCUT2D eigenvalue weighted by Crippen LogP contribution is 2.31. The number of hydrogen-bond donors (Lipinski definition) is 1. The molecule has 3 aromatic carbocycles. The first kappa shape index (κ1) is 24.8. The lowest BCUT2D eigenvalue weighted by atomic mass is 10.0. The van der Waals surface area contributed by atoms with E-state index in [1.54, 1.807) is 36.7 Å². The number of fused-ring (bicyclic) bond motifs is 1. The summed E-state index contributed by atoms with van der Waals surface area (Å²) in [6.45, 7) is 4.00. The van der Waals surface area contributed by atoms with E-state index in [2.05, 4.69) is 10.3 Å². The molecule has 0 unspecified atom stereocenters. The van der Waals surface area contributed by atoms with Crippen LogP contribution in [0.15, 0.2) is 91.3 Å². The Labute approximate surface area is 220 Å². The number of pyridine rings is 1. The van der Waals surface area contributed by atoms with Crippen LogP contribution in [0.3, 0.4) is 0 Å². The van der Waals surface area contributed by atoms with Gasteiger partial charge in [-0.05, 0) is 43.7 Å². The zero-order chi connectivity index (χ0) is 26.5. The van der Waals surface area contributed by atoms with Crippen LogP contribution in [0, 0.1) is 13.8 Å². The molecule has 1 amide bonds. The van der Waals surface area contributed by atoms with E-state index in [1.807, 2.05) is 68.4 Å². The average molecular weight is 503 g/mol. The maximum Gasteiger partial charge on any atom is 0.338 e. The van der Waals surface area contributed by atoms with Gasteiger partial charge in [-0.15, -0.1) is 0 Å². The standard InChI is InChI=1S/C31H26N4O3/c1-20-5-9-23(10-6-20)29-30(24-11-7-21(2)8-12-24)35-27-16-25(13-14-26(27)34-29)31(37)38-19-28(36)33-18-22-4-3-15-32-17-22/h3-17H,18-19H2,1-2H3,(H,33,36). The van der Waals surface area contributed by atoms with Gasteiger partial charge in [0.15, 0.2) is 6.61 Å². The summed E-state index contributed by atoms with van der Waals surface area (Å²) < 4.78 is 5.24. The van der Waals surface area contributed by atoms with Crippen LogP contribution in [0.1, 0.15) is 27.0 Å². The Morgan fingerprint density at radius 3 is 2.03 bits per heavy atom. The maximum absolute atomic E-state index is 12.7. The van der Waals surface area contributed by atoms with Gasteiger partial charge >= 0.3 is 5.97 Å². The molecule has 0 saturated heterocycles. The van der Waals surface area contributed by atoms with Gasteiger partial charge in [0.1, 0.15) is 0 Å². The first-order valence-electron chi connectivity index (χ1n) is 12.2. The first-order chi connectivity index (χ1) is 18.5. The molecule has 0 bridgehead atoms. The summed E-state index contributed by atoms with van der Waals surface area (Å²) in [5.74, 6) is -1.00. The second-order valence-corrected chi connectivity index (χ2v) is 9.07. The monoisotopic (exact) mass is 502 g/mol. The van der Waals surface area contributed by atoms with E-state index in [-0.39, 0.29) is 6.61 Å². The zero-order valence-electron chi connectivity index (χ0n) is 21.1. The molecule has 2 heterocycles. The quantitative estimate of drug-likeness (QED) is 0.298. The van der Waals surface area contributed by atoms with Gasteiger partial charge in [0, 0.05) is 30.1 Å². The highest BCUT2D eigenvalue weighted by atomic mass is 16.5. The minimum absolute atomic E-state index is 0.296. The van der Waals surface area contributed by atoms with Crippen molar-refractivity contribution < 1.29 is 14.3 Å². The van der Waals surface area contributed by atoms with E-state index in [0.717, 1.165) is 39.2 Å². The van der Waals surface area contributed by atoms with Crippen LogP contribution < -0.4 is 5.32 Å². The van der Waals surface area contributed by atoms with Gasteiger partial charge < -0.3 is 10.1 Å². The lowest BCUT2D eigenvalue weighted by Crippen LogP contribution is -2.28. The van der Waals surface area contributed by atoms with E-state index >= 15 is 0 Å². The molecule has 0 aliphatic rings. The summed E-state index contributed by atoms with van der Waals surface area (Å²) in [5.41, 5.74) is 8.06. The minimum atomic E-state index is -0.607. The van der Waals surface area contributed by atoms with Crippen molar-refractivity contribution in [3.8, 4) is 22.5 Å². The van der Waals surface area contributed by atoms with Crippen molar-refractivity contribution in [3.05, 3.63) is 114 Å². The molecule has 5 aromatic rings. The third kappa shape index (κ3) is 5.73. The number of nitrogens with one attached hydrogen (secondary N) is 1. The summed E-state index contributed by atoms with van der Waals surface area (Å²) in [6, 6.07) is 24.9. The molecule has 0 atom stereocenters. The van der Waals surface area contributed by atoms with E-state index in [0.29, 0.717) is 23.1 Å². The Balaban J connectivity index is 1.39. The summed E-state index contributed by atoms with van der Waals surface area (Å²) >= 11 is 0. The number of hydrogen-bond acceptors (Lipinski definition) is 6. The molecular weight excluding hydrogens is 476 g/mol. The van der Waals surface area contributed by atoms with E-state index in [1.165, 1.54) is 0 Å². The van der Waals surface area contributed by atoms with Crippen molar-refractivity contribution in [2.45, 2.75) is 20.4 Å². The van der Waals surface area contributed by atoms with Crippen LogP contribution >= 0.6 is 0 Å². The fourth-order valence-electron chi connectivity index (χ4n) is 3.98. The number of aryl methyl sites for hydroxylation is 2. The number of rotatable bonds is 7. The van der Waals surface area contributed by atoms with Gasteiger partial charge in [0.05, 0.1) is 28.0 Å². The molecule has 38 heavy (non-hydrogen) atoms. The number of ether oxygens (including phenoxy) is 1. The summed E-state index contributed by atoms with van der Waals surface area (Å²) in [7, 11) is 0. The Morgan fingerprint density at radius 2 is 1.42 bits per heavy atom. The number of esters is 1. The normalized spacial score (nSPS) is 10.8. The van der Waals surface area contributed by atoms with Gasteiger partial charge in [-0.25, -0.2) is 14.8 Å². The molecule has 0 saturated carbocycles. The lowest BCUT2D eigenvalue weighted by Gasteiger charge is -2.12. The molecule has 0 aliphatic heterocycles. The fourth-order valence-corrected chi connectivity index (χ4v) is 3.98. The topological polar surface area (TPSA) is 94.1 Å². The molecule has 2 aromatic heterocycles. The third-order valence-electron chi connectivity index (χ3n) is 6.10. The number of benzene rings is 3. The molecule has 0 radical (unpaired) electrons. The van der Waals surface area contributed by atoms with E-state index in [9.17, 15) is 9.59 Å². The zero-order valence-corrected chi connectivity index (χ0v) is 21.1. The van der Waals surface area contributed by atoms with Crippen LogP contribution in [0.4, 0.5) is 0 Å². The van der Waals surface area contributed by atoms with Crippen LogP contribution in [-0.4, -0.2) is 33.4 Å². The average Bonchev–Trinajstić information content (AvgIpc) is 2.95. The Morgan fingerprint density at radius 1 is 0.789 bits per heavy atom. The molecule has 188 valence electrons. The van der Waals surface area contributed by atoms with Crippen LogP contribution in [-0.2, 0) is 16.1 Å². The number of nitrogens with zero attached hydrogens (tertiary/aromatic N) is 3. The van der Waals surface area contributed by atoms with Gasteiger partial charge in [-0.3, -0.25) is 9.78 Å². The summed E-state index contributed by atoms with van der Waals surface area (Å²) in [5, 5.41) is 2.71. The van der Waals surface area contributed by atoms with Crippen molar-refractivity contribution in [2.75, 3.05) is 6.61 Å². The Bertz CT molecular complexity index is 1600. The molecule has 7 heteroatoms. The largest absolute Gasteiger partial charge is 0.452 e. The fraction of sp³-hybridized carbons (Fsp3) is 0.129. The third-order valence-corrected chi connectivity index (χ3v) is 6.10. The Kier molecular flexibility index (Phi) is 7.17. The van der Waals surface area contributed by atoms with Crippen LogP contribution in [0.5, 0.6) is 0 Å². The van der Waals surface area contributed by atoms with Crippen LogP contribution in [0.25, 0.3) is 33.5 Å². The lowest BCUT2D eigenvalue weighted by molar-refractivity contribution is -0.124. The number of aromatic nitrogens is 3. The second kappa shape index (κ2) is 11.0. The van der Waals surface area contributed by atoms with Gasteiger partial charge in [-0.1, -0.05) is 65.7 Å². The van der Waals surface area contributed by atoms with Gasteiger partial charge in [-0.2, -0.15) is 0 Å². The smallest absolute Gasteiger partial charge is 0.338 e. The van der Waals surface area contributed by atoms with E-state index in [4.69, 9.17) is 14.7 Å². The molecule has 5 rings (SSSR count). The molecular formula is C31H26N4O3. The van der Waals surface area contributed by atoms with Crippen molar-refractivity contribution in [2.24, 2.45) is 0 Å². The second-order valence-electron chi connectivity index (χ2n) is 9.07. The van der Waals surface area contributed by atoms with Crippen LogP contribution in [0.2, 0.25) is 0 Å². The number of carbonyl (C=O) groups is 2. The van der Waals surface area contributed by atoms with Gasteiger partial charge in [0.2, 0.25) is 0 Å². The minimum Gasteiger partial charge on any atom is -0.452 e. The van der Waals surface area contributed by atoms with Crippen molar-refractivity contribution in [1.29, 1.82) is 0 Å². The van der Waals surface area contributed by atoms with E-state index < -0.39 is 11.9 Å². The predicted molar refractivity (Wildman–Crippen MR) is 146 cm³/mol. The SMILES string of the molecule is Cc1ccc(-c2nc3ccc(C(=O)OCC(=O)NCc4cccnc4)cc3nc2-c2ccc(C)cc2)cc1. The van der Waals surface area contributed by atoms with Crippen molar-refractivity contribution in [3.63, 3.8) is 0 Å². The maximum atomic E-state index is 12.7. The van der Waals surface area contributed by atoms with Gasteiger partial charge in [0.25, 0.3) is 5.91 Å². The molecule has 0 aliphatic carbocycles. The highest BCUT2D eigenvalue weighted by molar-refractivity contribution is 5.96. The number of carbonyl (C=O) groups excluding carboxylic acids is 2. The predicted octanol–water partition coefficient (Wildman–Crippen LogP) is 5.45. The number of amides is 1. The molecule has 1 N–H and O–H groups in total. The van der Waals surface area contributed by atoms with Crippen molar-refractivity contribution >= 4 is 22.9 Å². The summed E-state index contributed by atoms with van der Waals surface area (Å²) in [4.78, 5) is 38.7. The Hall–Kier alpha value is -4.91. The summed E-state index contributed by atoms with van der Waals surface area (Å²) in [6.07, 6.45) is 3.33.